The minimum Gasteiger partial charge on any atom is -0.451 e. The number of carbonyl (C=O) groups is 1. The Morgan fingerprint density at radius 1 is 1.15 bits per heavy atom. The Morgan fingerprint density at radius 3 is 2.65 bits per heavy atom. The van der Waals surface area contributed by atoms with Crippen molar-refractivity contribution in [3.63, 3.8) is 0 Å². The van der Waals surface area contributed by atoms with E-state index in [0.717, 1.165) is 35.9 Å². The predicted octanol–water partition coefficient (Wildman–Crippen LogP) is 4.91. The Labute approximate surface area is 194 Å². The third-order valence-corrected chi connectivity index (χ3v) is 5.87. The van der Waals surface area contributed by atoms with Crippen molar-refractivity contribution in [3.8, 4) is 22.8 Å². The third kappa shape index (κ3) is 4.00. The second kappa shape index (κ2) is 9.01. The fraction of sp³-hybridized carbons (Fsp3) is 0.200. The normalized spacial score (nSPS) is 15.9. The number of rotatable bonds is 5. The molecule has 0 spiro atoms. The molecule has 1 fully saturated rings. The third-order valence-electron chi connectivity index (χ3n) is 5.87. The Morgan fingerprint density at radius 2 is 1.91 bits per heavy atom. The number of benzene rings is 2. The highest BCUT2D eigenvalue weighted by Crippen LogP contribution is 2.33. The Hall–Kier alpha value is -4.14. The van der Waals surface area contributed by atoms with Gasteiger partial charge < -0.3 is 9.64 Å². The van der Waals surface area contributed by atoms with Gasteiger partial charge in [0.15, 0.2) is 23.0 Å². The lowest BCUT2D eigenvalue weighted by Gasteiger charge is -2.32. The molecule has 4 aromatic rings. The molecule has 0 radical (unpaired) electrons. The number of likely N-dealkylation sites (tertiary alicyclic amines) is 1. The van der Waals surface area contributed by atoms with Crippen molar-refractivity contribution in [2.24, 2.45) is 0 Å². The number of hydrogen-bond donors (Lipinski definition) is 0. The topological polar surface area (TPSA) is 73.1 Å². The fourth-order valence-corrected chi connectivity index (χ4v) is 4.21. The van der Waals surface area contributed by atoms with Crippen molar-refractivity contribution in [3.05, 3.63) is 79.3 Å². The van der Waals surface area contributed by atoms with Gasteiger partial charge >= 0.3 is 0 Å². The van der Waals surface area contributed by atoms with Gasteiger partial charge in [0.1, 0.15) is 17.8 Å². The zero-order chi connectivity index (χ0) is 23.7. The molecule has 2 aromatic heterocycles. The van der Waals surface area contributed by atoms with E-state index >= 15 is 0 Å². The number of hydrogen-bond acceptors (Lipinski definition) is 5. The largest absolute Gasteiger partial charge is 0.451 e. The molecule has 1 amide bonds. The Balaban J connectivity index is 1.46. The van der Waals surface area contributed by atoms with Gasteiger partial charge in [-0.3, -0.25) is 4.79 Å². The number of amides is 1. The van der Waals surface area contributed by atoms with Gasteiger partial charge in [-0.25, -0.2) is 23.4 Å². The molecule has 2 aromatic carbocycles. The molecular weight excluding hydrogens is 440 g/mol. The summed E-state index contributed by atoms with van der Waals surface area (Å²) >= 11 is 0. The van der Waals surface area contributed by atoms with Crippen LogP contribution in [0.15, 0.2) is 67.6 Å². The van der Waals surface area contributed by atoms with Gasteiger partial charge in [-0.1, -0.05) is 12.6 Å². The quantitative estimate of drug-likeness (QED) is 0.395. The SMILES string of the molecule is C=CC(=O)N1CCC[C@H](n2nc(-c3ccc(Oc4c(F)cccc4F)cc3)c3cncnc32)C1. The summed E-state index contributed by atoms with van der Waals surface area (Å²) in [7, 11) is 0. The van der Waals surface area contributed by atoms with Crippen molar-refractivity contribution in [1.82, 2.24) is 24.6 Å². The van der Waals surface area contributed by atoms with Crippen LogP contribution in [0.3, 0.4) is 0 Å². The van der Waals surface area contributed by atoms with Crippen LogP contribution in [0.25, 0.3) is 22.3 Å². The first kappa shape index (κ1) is 21.7. The number of carbonyl (C=O) groups excluding carboxylic acids is 1. The van der Waals surface area contributed by atoms with Crippen LogP contribution in [0.2, 0.25) is 0 Å². The van der Waals surface area contributed by atoms with Crippen molar-refractivity contribution in [2.45, 2.75) is 18.9 Å². The number of halogens is 2. The molecule has 0 saturated carbocycles. The molecule has 0 bridgehead atoms. The van der Waals surface area contributed by atoms with Crippen LogP contribution in [0, 0.1) is 11.6 Å². The van der Waals surface area contributed by atoms with Gasteiger partial charge in [0.25, 0.3) is 0 Å². The molecule has 0 aliphatic carbocycles. The number of ether oxygens (including phenoxy) is 1. The van der Waals surface area contributed by atoms with E-state index in [1.807, 2.05) is 4.68 Å². The van der Waals surface area contributed by atoms with Crippen molar-refractivity contribution >= 4 is 16.9 Å². The summed E-state index contributed by atoms with van der Waals surface area (Å²) in [4.78, 5) is 22.5. The first-order chi connectivity index (χ1) is 16.5. The summed E-state index contributed by atoms with van der Waals surface area (Å²) in [5, 5.41) is 5.60. The molecule has 172 valence electrons. The number of para-hydroxylation sites is 1. The zero-order valence-corrected chi connectivity index (χ0v) is 18.2. The fourth-order valence-electron chi connectivity index (χ4n) is 4.21. The number of fused-ring (bicyclic) bond motifs is 1. The van der Waals surface area contributed by atoms with Gasteiger partial charge in [-0.2, -0.15) is 5.10 Å². The summed E-state index contributed by atoms with van der Waals surface area (Å²) in [6.45, 7) is 4.79. The summed E-state index contributed by atoms with van der Waals surface area (Å²) in [5.41, 5.74) is 2.12. The summed E-state index contributed by atoms with van der Waals surface area (Å²) in [5.74, 6) is -1.81. The van der Waals surface area contributed by atoms with Gasteiger partial charge in [-0.05, 0) is 55.3 Å². The maximum atomic E-state index is 13.9. The second-order valence-corrected chi connectivity index (χ2v) is 8.01. The van der Waals surface area contributed by atoms with Crippen LogP contribution in [-0.2, 0) is 4.79 Å². The highest BCUT2D eigenvalue weighted by molar-refractivity contribution is 5.90. The Bertz CT molecular complexity index is 1350. The molecule has 34 heavy (non-hydrogen) atoms. The van der Waals surface area contributed by atoms with Crippen molar-refractivity contribution in [2.75, 3.05) is 13.1 Å². The molecule has 9 heteroatoms. The highest BCUT2D eigenvalue weighted by Gasteiger charge is 2.27. The highest BCUT2D eigenvalue weighted by atomic mass is 19.1. The molecule has 3 heterocycles. The van der Waals surface area contributed by atoms with E-state index < -0.39 is 17.4 Å². The van der Waals surface area contributed by atoms with Crippen LogP contribution in [-0.4, -0.2) is 43.6 Å². The monoisotopic (exact) mass is 461 g/mol. The molecule has 1 aliphatic rings. The average molecular weight is 461 g/mol. The van der Waals surface area contributed by atoms with E-state index in [0.29, 0.717) is 30.2 Å². The lowest BCUT2D eigenvalue weighted by molar-refractivity contribution is -0.127. The minimum atomic E-state index is -0.776. The first-order valence-electron chi connectivity index (χ1n) is 10.9. The number of aromatic nitrogens is 4. The molecule has 1 aliphatic heterocycles. The molecule has 0 unspecified atom stereocenters. The van der Waals surface area contributed by atoms with E-state index in [1.165, 1.54) is 18.5 Å². The lowest BCUT2D eigenvalue weighted by atomic mass is 10.1. The summed E-state index contributed by atoms with van der Waals surface area (Å²) < 4.78 is 35.1. The number of nitrogens with zero attached hydrogens (tertiary/aromatic N) is 5. The first-order valence-corrected chi connectivity index (χ1v) is 10.9. The van der Waals surface area contributed by atoms with E-state index in [2.05, 4.69) is 16.5 Å². The molecule has 7 nitrogen and oxygen atoms in total. The van der Waals surface area contributed by atoms with E-state index in [4.69, 9.17) is 9.84 Å². The van der Waals surface area contributed by atoms with Crippen LogP contribution in [0.5, 0.6) is 11.5 Å². The maximum Gasteiger partial charge on any atom is 0.246 e. The molecule has 1 atom stereocenters. The van der Waals surface area contributed by atoms with Crippen molar-refractivity contribution in [1.29, 1.82) is 0 Å². The Kier molecular flexibility index (Phi) is 5.75. The van der Waals surface area contributed by atoms with Crippen LogP contribution in [0.4, 0.5) is 8.78 Å². The second-order valence-electron chi connectivity index (χ2n) is 8.01. The summed E-state index contributed by atoms with van der Waals surface area (Å²) in [6, 6.07) is 10.3. The molecule has 0 N–H and O–H groups in total. The van der Waals surface area contributed by atoms with Crippen LogP contribution in [0.1, 0.15) is 18.9 Å². The van der Waals surface area contributed by atoms with Crippen LogP contribution < -0.4 is 4.74 Å². The van der Waals surface area contributed by atoms with E-state index in [9.17, 15) is 13.6 Å². The van der Waals surface area contributed by atoms with Gasteiger partial charge in [0.05, 0.1) is 11.4 Å². The average Bonchev–Trinajstić information content (AvgIpc) is 3.26. The predicted molar refractivity (Wildman–Crippen MR) is 122 cm³/mol. The van der Waals surface area contributed by atoms with Gasteiger partial charge in [0.2, 0.25) is 5.91 Å². The molecule has 5 rings (SSSR count). The van der Waals surface area contributed by atoms with Gasteiger partial charge in [0, 0.05) is 24.8 Å². The molecular formula is C25H21F2N5O2. The summed E-state index contributed by atoms with van der Waals surface area (Å²) in [6.07, 6.45) is 6.22. The zero-order valence-electron chi connectivity index (χ0n) is 18.2. The van der Waals surface area contributed by atoms with E-state index in [1.54, 1.807) is 35.4 Å². The van der Waals surface area contributed by atoms with Crippen molar-refractivity contribution < 1.29 is 18.3 Å². The van der Waals surface area contributed by atoms with Gasteiger partial charge in [-0.15, -0.1) is 0 Å². The standard InChI is InChI=1S/C25H21F2N5O2/c1-2-22(33)31-12-4-5-17(14-31)32-25-19(13-28-15-29-25)23(30-32)16-8-10-18(11-9-16)34-24-20(26)6-3-7-21(24)27/h2-3,6-11,13,15,17H,1,4-5,12,14H2/t17-/m0/s1. The maximum absolute atomic E-state index is 13.9. The minimum absolute atomic E-state index is 0.0320. The smallest absolute Gasteiger partial charge is 0.246 e. The molecule has 1 saturated heterocycles. The van der Waals surface area contributed by atoms with E-state index in [-0.39, 0.29) is 11.9 Å². The number of piperidine rings is 1. The lowest BCUT2D eigenvalue weighted by Crippen LogP contribution is -2.40. The van der Waals surface area contributed by atoms with Crippen LogP contribution >= 0.6 is 0 Å².